The highest BCUT2D eigenvalue weighted by Crippen LogP contribution is 2.37. The van der Waals surface area contributed by atoms with Crippen molar-refractivity contribution < 1.29 is 9.18 Å². The minimum atomic E-state index is -0.689. The third-order valence-corrected chi connectivity index (χ3v) is 6.34. The van der Waals surface area contributed by atoms with Crippen molar-refractivity contribution >= 4 is 58.0 Å². The highest BCUT2D eigenvalue weighted by Gasteiger charge is 2.29. The van der Waals surface area contributed by atoms with Crippen LogP contribution in [-0.4, -0.2) is 20.7 Å². The number of halogens is 3. The number of carbonyl (C=O) groups excluding carboxylic acids is 1. The Morgan fingerprint density at radius 1 is 1.12 bits per heavy atom. The van der Waals surface area contributed by atoms with E-state index in [-0.39, 0.29) is 22.4 Å². The monoisotopic (exact) mass is 485 g/mol. The van der Waals surface area contributed by atoms with Gasteiger partial charge in [-0.05, 0) is 47.4 Å². The molecule has 0 unspecified atom stereocenters. The fourth-order valence-electron chi connectivity index (χ4n) is 3.41. The maximum Gasteiger partial charge on any atom is 0.268 e. The van der Waals surface area contributed by atoms with Gasteiger partial charge in [-0.25, -0.2) is 9.07 Å². The van der Waals surface area contributed by atoms with Gasteiger partial charge in [-0.15, -0.1) is 16.4 Å². The number of hydrogen-bond acceptors (Lipinski definition) is 5. The topological polar surface area (TPSA) is 71.8 Å². The van der Waals surface area contributed by atoms with Crippen LogP contribution in [0.5, 0.6) is 0 Å². The van der Waals surface area contributed by atoms with Gasteiger partial charge in [0.2, 0.25) is 5.95 Å². The summed E-state index contributed by atoms with van der Waals surface area (Å²) in [6, 6.07) is 14.5. The van der Waals surface area contributed by atoms with Crippen LogP contribution in [0.25, 0.3) is 5.70 Å². The largest absolute Gasteiger partial charge is 0.324 e. The molecule has 6 nitrogen and oxygen atoms in total. The van der Waals surface area contributed by atoms with Crippen molar-refractivity contribution in [3.8, 4) is 0 Å². The molecule has 10 heteroatoms. The Hall–Kier alpha value is -3.20. The summed E-state index contributed by atoms with van der Waals surface area (Å²) in [6.45, 7) is 0. The molecule has 0 spiro atoms. The fraction of sp³-hybridized carbons (Fsp3) is 0.0455. The quantitative estimate of drug-likeness (QED) is 0.366. The van der Waals surface area contributed by atoms with E-state index in [0.717, 1.165) is 5.56 Å². The van der Waals surface area contributed by atoms with E-state index >= 15 is 0 Å². The molecule has 2 N–H and O–H groups in total. The summed E-state index contributed by atoms with van der Waals surface area (Å²) < 4.78 is 16.3. The van der Waals surface area contributed by atoms with E-state index in [1.54, 1.807) is 47.9 Å². The Bertz CT molecular complexity index is 1310. The zero-order valence-corrected chi connectivity index (χ0v) is 18.5. The van der Waals surface area contributed by atoms with Gasteiger partial charge in [-0.1, -0.05) is 47.5 Å². The number of carbonyl (C=O) groups is 1. The fourth-order valence-corrected chi connectivity index (χ4v) is 4.43. The molecule has 0 saturated heterocycles. The van der Waals surface area contributed by atoms with E-state index in [9.17, 15) is 9.18 Å². The van der Waals surface area contributed by atoms with Gasteiger partial charge in [0.05, 0.1) is 4.88 Å². The standard InChI is InChI=1S/C22H14Cl2FN5OS/c23-13-8-6-12(7-9-13)16-11-17(19-14(24)3-1-4-15(19)25)30-22(26-16)28-21(29-30)27-20(31)18-5-2-10-32-18/h1-11,17H,(H2,26,27,28,29,31)/t17-/m0/s1. The molecule has 2 aromatic carbocycles. The minimum Gasteiger partial charge on any atom is -0.324 e. The number of allylic oxidation sites excluding steroid dienone is 1. The number of fused-ring (bicyclic) bond motifs is 1. The van der Waals surface area contributed by atoms with Crippen LogP contribution < -0.4 is 10.6 Å². The third kappa shape index (κ3) is 3.88. The number of thiophene rings is 1. The first-order chi connectivity index (χ1) is 15.5. The molecule has 160 valence electrons. The van der Waals surface area contributed by atoms with Gasteiger partial charge in [-0.2, -0.15) is 4.98 Å². The maximum absolute atomic E-state index is 14.8. The average Bonchev–Trinajstić information content (AvgIpc) is 3.44. The first-order valence-corrected chi connectivity index (χ1v) is 11.1. The number of amides is 1. The molecule has 1 amide bonds. The van der Waals surface area contributed by atoms with Gasteiger partial charge >= 0.3 is 0 Å². The van der Waals surface area contributed by atoms with Gasteiger partial charge in [0.15, 0.2) is 0 Å². The molecule has 5 rings (SSSR count). The molecule has 0 aliphatic carbocycles. The summed E-state index contributed by atoms with van der Waals surface area (Å²) in [5.74, 6) is -0.367. The van der Waals surface area contributed by atoms with E-state index in [1.165, 1.54) is 22.1 Å². The van der Waals surface area contributed by atoms with E-state index in [4.69, 9.17) is 23.2 Å². The molecule has 2 aromatic heterocycles. The second-order valence-corrected chi connectivity index (χ2v) is 8.72. The molecular formula is C22H14Cl2FN5OS. The molecule has 4 aromatic rings. The third-order valence-electron chi connectivity index (χ3n) is 4.89. The Labute approximate surface area is 196 Å². The molecule has 1 atom stereocenters. The van der Waals surface area contributed by atoms with Crippen LogP contribution >= 0.6 is 34.5 Å². The van der Waals surface area contributed by atoms with Crippen molar-refractivity contribution in [3.63, 3.8) is 0 Å². The molecule has 3 heterocycles. The molecule has 32 heavy (non-hydrogen) atoms. The number of anilines is 2. The van der Waals surface area contributed by atoms with Gasteiger partial charge in [-0.3, -0.25) is 10.1 Å². The van der Waals surface area contributed by atoms with Crippen molar-refractivity contribution in [2.24, 2.45) is 0 Å². The Morgan fingerprint density at radius 2 is 1.94 bits per heavy atom. The molecule has 0 radical (unpaired) electrons. The van der Waals surface area contributed by atoms with Crippen molar-refractivity contribution in [1.29, 1.82) is 0 Å². The number of benzene rings is 2. The predicted octanol–water partition coefficient (Wildman–Crippen LogP) is 6.09. The summed E-state index contributed by atoms with van der Waals surface area (Å²) in [5.41, 5.74) is 1.76. The SMILES string of the molecule is O=C(Nc1nc2n(n1)[C@H](c1c(F)cccc1Cl)C=C(c1ccc(Cl)cc1)N2)c1cccs1. The lowest BCUT2D eigenvalue weighted by molar-refractivity contribution is 0.102. The van der Waals surface area contributed by atoms with E-state index in [2.05, 4.69) is 20.7 Å². The van der Waals surface area contributed by atoms with Gasteiger partial charge in [0, 0.05) is 21.3 Å². The molecular weight excluding hydrogens is 472 g/mol. The molecule has 0 fully saturated rings. The molecule has 0 bridgehead atoms. The van der Waals surface area contributed by atoms with Crippen LogP contribution in [-0.2, 0) is 0 Å². The average molecular weight is 486 g/mol. The van der Waals surface area contributed by atoms with E-state index in [1.807, 2.05) is 12.1 Å². The van der Waals surface area contributed by atoms with Crippen LogP contribution in [0.1, 0.15) is 26.8 Å². The van der Waals surface area contributed by atoms with Gasteiger partial charge in [0.25, 0.3) is 11.9 Å². The first-order valence-electron chi connectivity index (χ1n) is 9.49. The molecule has 0 saturated carbocycles. The van der Waals surface area contributed by atoms with Crippen molar-refractivity contribution in [1.82, 2.24) is 14.8 Å². The number of aromatic nitrogens is 3. The maximum atomic E-state index is 14.8. The Kier molecular flexibility index (Phi) is 5.42. The number of rotatable bonds is 4. The Morgan fingerprint density at radius 3 is 2.66 bits per heavy atom. The zero-order valence-electron chi connectivity index (χ0n) is 16.2. The van der Waals surface area contributed by atoms with Crippen molar-refractivity contribution in [2.75, 3.05) is 10.6 Å². The van der Waals surface area contributed by atoms with E-state index < -0.39 is 11.9 Å². The van der Waals surface area contributed by atoms with Crippen LogP contribution in [0.3, 0.4) is 0 Å². The lowest BCUT2D eigenvalue weighted by atomic mass is 10.0. The number of nitrogens with zero attached hydrogens (tertiary/aromatic N) is 3. The summed E-state index contributed by atoms with van der Waals surface area (Å²) in [6.07, 6.45) is 1.81. The number of hydrogen-bond donors (Lipinski definition) is 2. The van der Waals surface area contributed by atoms with Crippen LogP contribution in [0.2, 0.25) is 10.0 Å². The summed E-state index contributed by atoms with van der Waals surface area (Å²) in [4.78, 5) is 17.4. The first kappa shape index (κ1) is 20.7. The van der Waals surface area contributed by atoms with Gasteiger partial charge < -0.3 is 5.32 Å². The second kappa shape index (κ2) is 8.38. The van der Waals surface area contributed by atoms with E-state index in [0.29, 0.717) is 21.5 Å². The zero-order chi connectivity index (χ0) is 22.2. The summed E-state index contributed by atoms with van der Waals surface area (Å²) in [7, 11) is 0. The predicted molar refractivity (Wildman–Crippen MR) is 125 cm³/mol. The summed E-state index contributed by atoms with van der Waals surface area (Å²) >= 11 is 13.7. The highest BCUT2D eigenvalue weighted by molar-refractivity contribution is 7.12. The smallest absolute Gasteiger partial charge is 0.268 e. The number of nitrogens with one attached hydrogen (secondary N) is 2. The van der Waals surface area contributed by atoms with Crippen LogP contribution in [0.15, 0.2) is 66.1 Å². The summed E-state index contributed by atoms with van der Waals surface area (Å²) in [5, 5.41) is 12.9. The van der Waals surface area contributed by atoms with Crippen molar-refractivity contribution in [3.05, 3.63) is 97.9 Å². The molecule has 1 aliphatic heterocycles. The molecule has 1 aliphatic rings. The highest BCUT2D eigenvalue weighted by atomic mass is 35.5. The van der Waals surface area contributed by atoms with Crippen molar-refractivity contribution in [2.45, 2.75) is 6.04 Å². The van der Waals surface area contributed by atoms with Crippen LogP contribution in [0, 0.1) is 5.82 Å². The normalized spacial score (nSPS) is 15.0. The lowest BCUT2D eigenvalue weighted by Gasteiger charge is -2.25. The second-order valence-electron chi connectivity index (χ2n) is 6.93. The van der Waals surface area contributed by atoms with Crippen LogP contribution in [0.4, 0.5) is 16.3 Å². The lowest BCUT2D eigenvalue weighted by Crippen LogP contribution is -2.21. The Balaban J connectivity index is 1.58. The minimum absolute atomic E-state index is 0.0918. The van der Waals surface area contributed by atoms with Gasteiger partial charge in [0.1, 0.15) is 11.9 Å².